The lowest BCUT2D eigenvalue weighted by Gasteiger charge is -2.07. The molecule has 3 rings (SSSR count). The molecule has 0 fully saturated rings. The normalized spacial score (nSPS) is 10.6. The molecule has 0 spiro atoms. The Balaban J connectivity index is 1.70. The lowest BCUT2D eigenvalue weighted by Crippen LogP contribution is -2.08. The third-order valence-electron chi connectivity index (χ3n) is 3.86. The fraction of sp³-hybridized carbons (Fsp3) is 0.200. The minimum atomic E-state index is -0.165. The number of hydrogen-bond acceptors (Lipinski definition) is 7. The van der Waals surface area contributed by atoms with Gasteiger partial charge < -0.3 is 21.5 Å². The van der Waals surface area contributed by atoms with Gasteiger partial charge in [-0.15, -0.1) is 0 Å². The molecular weight excluding hydrogens is 360 g/mol. The molecule has 7 heteroatoms. The third kappa shape index (κ3) is 5.06. The highest BCUT2D eigenvalue weighted by Crippen LogP contribution is 2.28. The summed E-state index contributed by atoms with van der Waals surface area (Å²) in [5.41, 5.74) is 13.0. The zero-order chi connectivity index (χ0) is 19.1. The Morgan fingerprint density at radius 2 is 1.96 bits per heavy atom. The molecule has 140 valence electrons. The molecular formula is C20H22N4O2S. The topological polar surface area (TPSA) is 103 Å². The number of carbonyl (C=O) groups excluding carboxylic acids is 1. The highest BCUT2D eigenvalue weighted by Gasteiger charge is 2.18. The van der Waals surface area contributed by atoms with Gasteiger partial charge in [0.05, 0.1) is 0 Å². The maximum atomic E-state index is 12.8. The van der Waals surface area contributed by atoms with Gasteiger partial charge in [-0.1, -0.05) is 53.8 Å². The van der Waals surface area contributed by atoms with Crippen LogP contribution in [0.5, 0.6) is 5.75 Å². The van der Waals surface area contributed by atoms with E-state index < -0.39 is 0 Å². The molecule has 0 atom stereocenters. The summed E-state index contributed by atoms with van der Waals surface area (Å²) in [6.45, 7) is 1.73. The minimum absolute atomic E-state index is 0.165. The molecule has 2 aromatic carbocycles. The summed E-state index contributed by atoms with van der Waals surface area (Å²) in [4.78, 5) is 17.5. The second kappa shape index (κ2) is 9.16. The highest BCUT2D eigenvalue weighted by molar-refractivity contribution is 7.18. The zero-order valence-corrected chi connectivity index (χ0v) is 15.7. The van der Waals surface area contributed by atoms with Gasteiger partial charge in [-0.25, -0.2) is 4.98 Å². The van der Waals surface area contributed by atoms with E-state index >= 15 is 0 Å². The van der Waals surface area contributed by atoms with Crippen molar-refractivity contribution in [2.24, 2.45) is 5.73 Å². The van der Waals surface area contributed by atoms with Crippen LogP contribution in [0.4, 0.5) is 10.9 Å². The van der Waals surface area contributed by atoms with Crippen molar-refractivity contribution < 1.29 is 9.53 Å². The molecule has 0 aliphatic carbocycles. The first-order valence-corrected chi connectivity index (χ1v) is 9.50. The van der Waals surface area contributed by atoms with Crippen LogP contribution in [-0.4, -0.2) is 23.9 Å². The first kappa shape index (κ1) is 18.9. The van der Waals surface area contributed by atoms with Crippen molar-refractivity contribution in [3.8, 4) is 5.75 Å². The van der Waals surface area contributed by atoms with Gasteiger partial charge in [-0.3, -0.25) is 4.79 Å². The standard InChI is InChI=1S/C20H22N4O2S/c21-10-5-11-23-20-24-19(22)18(27-20)17(25)15-8-4-9-16(12-15)26-13-14-6-2-1-3-7-14/h1-4,6-9,12H,5,10-11,13,21-22H2,(H,23,24). The minimum Gasteiger partial charge on any atom is -0.489 e. The Labute approximate surface area is 162 Å². The number of nitrogen functional groups attached to an aromatic ring is 1. The van der Waals surface area contributed by atoms with Gasteiger partial charge in [0.15, 0.2) is 5.13 Å². The SMILES string of the molecule is NCCCNc1nc(N)c(C(=O)c2cccc(OCc3ccccc3)c2)s1. The third-order valence-corrected chi connectivity index (χ3v) is 4.89. The number of rotatable bonds is 9. The highest BCUT2D eigenvalue weighted by atomic mass is 32.1. The van der Waals surface area contributed by atoms with Crippen molar-refractivity contribution >= 4 is 28.1 Å². The number of carbonyl (C=O) groups is 1. The van der Waals surface area contributed by atoms with Crippen LogP contribution in [0.15, 0.2) is 54.6 Å². The van der Waals surface area contributed by atoms with E-state index in [2.05, 4.69) is 10.3 Å². The summed E-state index contributed by atoms with van der Waals surface area (Å²) in [5, 5.41) is 3.76. The quantitative estimate of drug-likeness (QED) is 0.388. The number of nitrogens with one attached hydrogen (secondary N) is 1. The van der Waals surface area contributed by atoms with Crippen LogP contribution in [0, 0.1) is 0 Å². The van der Waals surface area contributed by atoms with Crippen LogP contribution < -0.4 is 21.5 Å². The number of nitrogens with two attached hydrogens (primary N) is 2. The van der Waals surface area contributed by atoms with E-state index in [9.17, 15) is 4.79 Å². The van der Waals surface area contributed by atoms with E-state index in [1.165, 1.54) is 11.3 Å². The summed E-state index contributed by atoms with van der Waals surface area (Å²) >= 11 is 1.25. The molecule has 0 aliphatic heterocycles. The number of ketones is 1. The number of benzene rings is 2. The fourth-order valence-electron chi connectivity index (χ4n) is 2.47. The van der Waals surface area contributed by atoms with Crippen molar-refractivity contribution in [3.63, 3.8) is 0 Å². The molecule has 0 amide bonds. The van der Waals surface area contributed by atoms with Crippen molar-refractivity contribution in [2.45, 2.75) is 13.0 Å². The summed E-state index contributed by atoms with van der Waals surface area (Å²) < 4.78 is 5.80. The van der Waals surface area contributed by atoms with Gasteiger partial charge in [0.25, 0.3) is 0 Å². The molecule has 0 unspecified atom stereocenters. The summed E-state index contributed by atoms with van der Waals surface area (Å²) in [6, 6.07) is 17.0. The molecule has 1 heterocycles. The van der Waals surface area contributed by atoms with Gasteiger partial charge >= 0.3 is 0 Å². The maximum absolute atomic E-state index is 12.8. The smallest absolute Gasteiger partial charge is 0.206 e. The second-order valence-corrected chi connectivity index (χ2v) is 6.93. The fourth-order valence-corrected chi connectivity index (χ4v) is 3.34. The Kier molecular flexibility index (Phi) is 6.40. The summed E-state index contributed by atoms with van der Waals surface area (Å²) in [7, 11) is 0. The first-order chi connectivity index (χ1) is 13.2. The van der Waals surface area contributed by atoms with E-state index in [1.54, 1.807) is 18.2 Å². The largest absolute Gasteiger partial charge is 0.489 e. The van der Waals surface area contributed by atoms with Gasteiger partial charge in [-0.2, -0.15) is 0 Å². The molecule has 1 aromatic heterocycles. The van der Waals surface area contributed by atoms with Crippen molar-refractivity contribution in [3.05, 3.63) is 70.6 Å². The number of nitrogens with zero attached hydrogens (tertiary/aromatic N) is 1. The number of ether oxygens (including phenoxy) is 1. The molecule has 0 saturated carbocycles. The molecule has 6 nitrogen and oxygen atoms in total. The molecule has 5 N–H and O–H groups in total. The van der Waals surface area contributed by atoms with Gasteiger partial charge in [0.1, 0.15) is 23.1 Å². The first-order valence-electron chi connectivity index (χ1n) is 8.69. The molecule has 3 aromatic rings. The van der Waals surface area contributed by atoms with Crippen LogP contribution in [0.25, 0.3) is 0 Å². The van der Waals surface area contributed by atoms with Crippen LogP contribution in [0.2, 0.25) is 0 Å². The van der Waals surface area contributed by atoms with Crippen LogP contribution in [0.3, 0.4) is 0 Å². The number of thiazole rings is 1. The molecule has 0 radical (unpaired) electrons. The average molecular weight is 382 g/mol. The van der Waals surface area contributed by atoms with Crippen LogP contribution in [0.1, 0.15) is 27.2 Å². The van der Waals surface area contributed by atoms with E-state index in [4.69, 9.17) is 16.2 Å². The Morgan fingerprint density at radius 1 is 1.15 bits per heavy atom. The number of anilines is 2. The Hall–Kier alpha value is -2.90. The molecule has 0 aliphatic rings. The lowest BCUT2D eigenvalue weighted by atomic mass is 10.1. The Morgan fingerprint density at radius 3 is 2.74 bits per heavy atom. The van der Waals surface area contributed by atoms with E-state index in [0.29, 0.717) is 41.0 Å². The molecule has 27 heavy (non-hydrogen) atoms. The van der Waals surface area contributed by atoms with E-state index in [1.807, 2.05) is 36.4 Å². The summed E-state index contributed by atoms with van der Waals surface area (Å²) in [6.07, 6.45) is 0.823. The summed E-state index contributed by atoms with van der Waals surface area (Å²) in [5.74, 6) is 0.701. The molecule has 0 bridgehead atoms. The average Bonchev–Trinajstić information content (AvgIpc) is 3.07. The predicted molar refractivity (Wildman–Crippen MR) is 109 cm³/mol. The second-order valence-electron chi connectivity index (χ2n) is 5.93. The van der Waals surface area contributed by atoms with E-state index in [-0.39, 0.29) is 11.6 Å². The number of hydrogen-bond donors (Lipinski definition) is 3. The van der Waals surface area contributed by atoms with Crippen molar-refractivity contribution in [1.29, 1.82) is 0 Å². The van der Waals surface area contributed by atoms with Crippen molar-refractivity contribution in [2.75, 3.05) is 24.1 Å². The predicted octanol–water partition coefficient (Wildman–Crippen LogP) is 3.30. The van der Waals surface area contributed by atoms with Gasteiger partial charge in [0.2, 0.25) is 5.78 Å². The lowest BCUT2D eigenvalue weighted by molar-refractivity contribution is 0.104. The van der Waals surface area contributed by atoms with E-state index in [0.717, 1.165) is 12.0 Å². The zero-order valence-electron chi connectivity index (χ0n) is 14.9. The maximum Gasteiger partial charge on any atom is 0.206 e. The Bertz CT molecular complexity index is 896. The molecule has 0 saturated heterocycles. The van der Waals surface area contributed by atoms with Crippen molar-refractivity contribution in [1.82, 2.24) is 4.98 Å². The monoisotopic (exact) mass is 382 g/mol. The van der Waals surface area contributed by atoms with Gasteiger partial charge in [0, 0.05) is 12.1 Å². The van der Waals surface area contributed by atoms with Crippen LogP contribution >= 0.6 is 11.3 Å². The van der Waals surface area contributed by atoms with Crippen LogP contribution in [-0.2, 0) is 6.61 Å². The van der Waals surface area contributed by atoms with Gasteiger partial charge in [-0.05, 0) is 30.7 Å². The number of aromatic nitrogens is 1.